The van der Waals surface area contributed by atoms with Crippen molar-refractivity contribution in [3.63, 3.8) is 0 Å². The fourth-order valence-electron chi connectivity index (χ4n) is 2.69. The number of thioether (sulfide) groups is 1. The summed E-state index contributed by atoms with van der Waals surface area (Å²) in [5.41, 5.74) is 0.574. The summed E-state index contributed by atoms with van der Waals surface area (Å²) in [6.07, 6.45) is 1.81. The molecule has 1 fully saturated rings. The van der Waals surface area contributed by atoms with Gasteiger partial charge in [0.05, 0.1) is 10.6 Å². The Hall–Kier alpha value is -1.16. The zero-order valence-corrected chi connectivity index (χ0v) is 17.6. The van der Waals surface area contributed by atoms with Crippen molar-refractivity contribution in [2.45, 2.75) is 31.6 Å². The largest absolute Gasteiger partial charge is 0.358 e. The molecule has 0 aromatic heterocycles. The third-order valence-corrected chi connectivity index (χ3v) is 7.63. The van der Waals surface area contributed by atoms with E-state index in [-0.39, 0.29) is 16.6 Å². The molecule has 1 amide bonds. The molecule has 9 heteroatoms. The number of hydrogen-bond acceptors (Lipinski definition) is 5. The average Bonchev–Trinajstić information content (AvgIpc) is 3.17. The van der Waals surface area contributed by atoms with Crippen molar-refractivity contribution in [2.75, 3.05) is 37.2 Å². The van der Waals surface area contributed by atoms with Gasteiger partial charge in [-0.1, -0.05) is 24.0 Å². The number of amides is 1. The van der Waals surface area contributed by atoms with Crippen LogP contribution in [-0.4, -0.2) is 59.8 Å². The Bertz CT molecular complexity index is 725. The Morgan fingerprint density at radius 3 is 2.31 bits per heavy atom. The van der Waals surface area contributed by atoms with Gasteiger partial charge in [0.1, 0.15) is 4.32 Å². The Labute approximate surface area is 165 Å². The zero-order chi connectivity index (χ0) is 19.2. The first kappa shape index (κ1) is 21.1. The van der Waals surface area contributed by atoms with Gasteiger partial charge in [-0.05, 0) is 51.0 Å². The van der Waals surface area contributed by atoms with Gasteiger partial charge in [0.2, 0.25) is 15.9 Å². The Kier molecular flexibility index (Phi) is 7.87. The molecule has 0 atom stereocenters. The van der Waals surface area contributed by atoms with E-state index in [0.717, 1.165) is 25.9 Å². The summed E-state index contributed by atoms with van der Waals surface area (Å²) in [6.45, 7) is 6.82. The van der Waals surface area contributed by atoms with Gasteiger partial charge in [0, 0.05) is 31.9 Å². The van der Waals surface area contributed by atoms with Crippen LogP contribution in [0.15, 0.2) is 29.2 Å². The smallest absolute Gasteiger partial charge is 0.243 e. The fourth-order valence-corrected chi connectivity index (χ4v) is 5.40. The zero-order valence-electron chi connectivity index (χ0n) is 15.1. The van der Waals surface area contributed by atoms with Crippen LogP contribution in [0.5, 0.6) is 0 Å². The summed E-state index contributed by atoms with van der Waals surface area (Å²) in [7, 11) is -3.43. The van der Waals surface area contributed by atoms with Crippen LogP contribution in [0, 0.1) is 0 Å². The minimum atomic E-state index is -3.43. The normalized spacial score (nSPS) is 15.0. The van der Waals surface area contributed by atoms with E-state index < -0.39 is 10.0 Å². The van der Waals surface area contributed by atoms with E-state index in [9.17, 15) is 13.2 Å². The number of anilines is 1. The van der Waals surface area contributed by atoms with Crippen LogP contribution in [-0.2, 0) is 14.8 Å². The number of thiocarbonyl (C=S) groups is 1. The Morgan fingerprint density at radius 2 is 1.77 bits per heavy atom. The summed E-state index contributed by atoms with van der Waals surface area (Å²) >= 11 is 6.63. The number of hydrogen-bond donors (Lipinski definition) is 1. The van der Waals surface area contributed by atoms with Gasteiger partial charge in [-0.3, -0.25) is 4.79 Å². The molecular formula is C17H25N3O3S3. The fraction of sp³-hybridized carbons (Fsp3) is 0.529. The molecule has 6 nitrogen and oxygen atoms in total. The average molecular weight is 416 g/mol. The second-order valence-electron chi connectivity index (χ2n) is 5.91. The maximum Gasteiger partial charge on any atom is 0.243 e. The second-order valence-corrected chi connectivity index (χ2v) is 9.46. The highest BCUT2D eigenvalue weighted by atomic mass is 32.2. The molecule has 1 aliphatic heterocycles. The minimum Gasteiger partial charge on any atom is -0.358 e. The van der Waals surface area contributed by atoms with Crippen LogP contribution in [0.2, 0.25) is 0 Å². The maximum absolute atomic E-state index is 12.5. The molecule has 0 spiro atoms. The molecule has 26 heavy (non-hydrogen) atoms. The predicted molar refractivity (Wildman–Crippen MR) is 111 cm³/mol. The first-order valence-corrected chi connectivity index (χ1v) is 11.5. The highest BCUT2D eigenvalue weighted by molar-refractivity contribution is 8.23. The molecule has 144 valence electrons. The van der Waals surface area contributed by atoms with Gasteiger partial charge >= 0.3 is 0 Å². The molecule has 1 saturated heterocycles. The lowest BCUT2D eigenvalue weighted by molar-refractivity contribution is -0.113. The van der Waals surface area contributed by atoms with Crippen LogP contribution < -0.4 is 5.32 Å². The molecule has 0 radical (unpaired) electrons. The van der Waals surface area contributed by atoms with Gasteiger partial charge in [-0.15, -0.1) is 0 Å². The van der Waals surface area contributed by atoms with Crippen LogP contribution in [0.1, 0.15) is 26.7 Å². The van der Waals surface area contributed by atoms with E-state index >= 15 is 0 Å². The minimum absolute atomic E-state index is 0.167. The lowest BCUT2D eigenvalue weighted by Crippen LogP contribution is -2.28. The number of carbonyl (C=O) groups excluding carboxylic acids is 1. The topological polar surface area (TPSA) is 69.7 Å². The number of carbonyl (C=O) groups is 1. The summed E-state index contributed by atoms with van der Waals surface area (Å²) in [4.78, 5) is 14.3. The molecule has 1 heterocycles. The van der Waals surface area contributed by atoms with E-state index in [4.69, 9.17) is 12.2 Å². The van der Waals surface area contributed by atoms with E-state index in [0.29, 0.717) is 23.1 Å². The van der Waals surface area contributed by atoms with Crippen molar-refractivity contribution in [2.24, 2.45) is 0 Å². The molecule has 1 aliphatic rings. The first-order chi connectivity index (χ1) is 12.4. The summed E-state index contributed by atoms with van der Waals surface area (Å²) in [6, 6.07) is 6.32. The van der Waals surface area contributed by atoms with E-state index in [1.54, 1.807) is 12.1 Å². The third-order valence-electron chi connectivity index (χ3n) is 4.19. The molecule has 1 N–H and O–H groups in total. The van der Waals surface area contributed by atoms with E-state index in [1.807, 2.05) is 18.7 Å². The summed E-state index contributed by atoms with van der Waals surface area (Å²) in [5.74, 6) is 0.0584. The highest BCUT2D eigenvalue weighted by Crippen LogP contribution is 2.22. The Balaban J connectivity index is 1.90. The van der Waals surface area contributed by atoms with Crippen molar-refractivity contribution in [3.8, 4) is 0 Å². The number of rotatable bonds is 7. The van der Waals surface area contributed by atoms with Crippen molar-refractivity contribution in [1.82, 2.24) is 9.21 Å². The summed E-state index contributed by atoms with van der Waals surface area (Å²) < 4.78 is 27.2. The number of nitrogens with one attached hydrogen (secondary N) is 1. The standard InChI is InChI=1S/C17H25N3O3S3/c1-3-19(4-2)17(24)25-13-16(21)18-14-7-9-15(10-8-14)26(22,23)20-11-5-6-12-20/h7-10H,3-6,11-13H2,1-2H3,(H,18,21). The van der Waals surface area contributed by atoms with Crippen LogP contribution in [0.3, 0.4) is 0 Å². The number of benzene rings is 1. The monoisotopic (exact) mass is 415 g/mol. The van der Waals surface area contributed by atoms with Crippen molar-refractivity contribution >= 4 is 49.9 Å². The van der Waals surface area contributed by atoms with Crippen molar-refractivity contribution < 1.29 is 13.2 Å². The van der Waals surface area contributed by atoms with Crippen LogP contribution in [0.4, 0.5) is 5.69 Å². The van der Waals surface area contributed by atoms with Crippen LogP contribution >= 0.6 is 24.0 Å². The lowest BCUT2D eigenvalue weighted by atomic mass is 10.3. The second kappa shape index (κ2) is 9.68. The molecule has 0 bridgehead atoms. The maximum atomic E-state index is 12.5. The van der Waals surface area contributed by atoms with Gasteiger partial charge in [0.15, 0.2) is 0 Å². The number of nitrogens with zero attached hydrogens (tertiary/aromatic N) is 2. The molecule has 0 saturated carbocycles. The van der Waals surface area contributed by atoms with Gasteiger partial charge in [-0.25, -0.2) is 8.42 Å². The van der Waals surface area contributed by atoms with Gasteiger partial charge in [0.25, 0.3) is 0 Å². The molecule has 0 unspecified atom stereocenters. The first-order valence-electron chi connectivity index (χ1n) is 8.70. The molecule has 1 aromatic rings. The molecular weight excluding hydrogens is 390 g/mol. The quantitative estimate of drug-likeness (QED) is 0.691. The molecule has 2 rings (SSSR count). The SMILES string of the molecule is CCN(CC)C(=S)SCC(=O)Nc1ccc(S(=O)(=O)N2CCCC2)cc1. The van der Waals surface area contributed by atoms with Crippen molar-refractivity contribution in [3.05, 3.63) is 24.3 Å². The van der Waals surface area contributed by atoms with E-state index in [1.165, 1.54) is 28.2 Å². The number of sulfonamides is 1. The molecule has 0 aliphatic carbocycles. The van der Waals surface area contributed by atoms with E-state index in [2.05, 4.69) is 5.32 Å². The van der Waals surface area contributed by atoms with Crippen LogP contribution in [0.25, 0.3) is 0 Å². The predicted octanol–water partition coefficient (Wildman–Crippen LogP) is 2.77. The third kappa shape index (κ3) is 5.42. The highest BCUT2D eigenvalue weighted by Gasteiger charge is 2.26. The van der Waals surface area contributed by atoms with Gasteiger partial charge < -0.3 is 10.2 Å². The van der Waals surface area contributed by atoms with Crippen molar-refractivity contribution in [1.29, 1.82) is 0 Å². The Morgan fingerprint density at radius 1 is 1.19 bits per heavy atom. The molecule has 1 aromatic carbocycles. The summed E-state index contributed by atoms with van der Waals surface area (Å²) in [5, 5.41) is 2.77. The van der Waals surface area contributed by atoms with Gasteiger partial charge in [-0.2, -0.15) is 4.31 Å². The lowest BCUT2D eigenvalue weighted by Gasteiger charge is -2.20.